The van der Waals surface area contributed by atoms with E-state index in [1.807, 2.05) is 12.1 Å². The van der Waals surface area contributed by atoms with Crippen LogP contribution < -0.4 is 11.1 Å². The average Bonchev–Trinajstić information content (AvgIpc) is 3.10. The number of amides is 1. The van der Waals surface area contributed by atoms with Crippen LogP contribution in [0, 0.1) is 0 Å². The summed E-state index contributed by atoms with van der Waals surface area (Å²) in [5.41, 5.74) is 7.45. The molecule has 0 aliphatic rings. The van der Waals surface area contributed by atoms with Crippen molar-refractivity contribution in [2.24, 2.45) is 0 Å². The van der Waals surface area contributed by atoms with Crippen LogP contribution in [0.2, 0.25) is 0 Å². The summed E-state index contributed by atoms with van der Waals surface area (Å²) in [6.45, 7) is 0. The molecular formula is C12H10N6OS. The van der Waals surface area contributed by atoms with Gasteiger partial charge >= 0.3 is 0 Å². The molecule has 0 atom stereocenters. The smallest absolute Gasteiger partial charge is 0.276 e. The van der Waals surface area contributed by atoms with Gasteiger partial charge in [-0.3, -0.25) is 4.79 Å². The average molecular weight is 286 g/mol. The molecule has 0 aliphatic heterocycles. The third kappa shape index (κ3) is 2.50. The highest BCUT2D eigenvalue weighted by atomic mass is 32.1. The molecule has 0 spiro atoms. The van der Waals surface area contributed by atoms with Crippen LogP contribution in [0.1, 0.15) is 10.5 Å². The van der Waals surface area contributed by atoms with Crippen LogP contribution in [0.4, 0.5) is 10.7 Å². The number of nitrogen functional groups attached to an aromatic ring is 1. The Morgan fingerprint density at radius 3 is 2.75 bits per heavy atom. The summed E-state index contributed by atoms with van der Waals surface area (Å²) in [5.74, 6) is -0.301. The molecule has 0 unspecified atom stereocenters. The van der Waals surface area contributed by atoms with Crippen LogP contribution >= 0.6 is 11.5 Å². The molecule has 2 aromatic heterocycles. The van der Waals surface area contributed by atoms with Crippen molar-refractivity contribution in [3.8, 4) is 5.69 Å². The van der Waals surface area contributed by atoms with Crippen molar-refractivity contribution in [1.29, 1.82) is 0 Å². The fourth-order valence-corrected chi connectivity index (χ4v) is 2.03. The lowest BCUT2D eigenvalue weighted by Gasteiger charge is -2.01. The first kappa shape index (κ1) is 12.3. The van der Waals surface area contributed by atoms with Crippen LogP contribution in [0.15, 0.2) is 42.7 Å². The molecule has 8 heteroatoms. The Bertz CT molecular complexity index is 719. The van der Waals surface area contributed by atoms with E-state index in [0.717, 1.165) is 17.2 Å². The molecule has 1 amide bonds. The Balaban J connectivity index is 1.79. The first-order chi connectivity index (χ1) is 9.72. The highest BCUT2D eigenvalue weighted by Gasteiger charge is 2.11. The van der Waals surface area contributed by atoms with E-state index in [2.05, 4.69) is 20.0 Å². The van der Waals surface area contributed by atoms with E-state index < -0.39 is 0 Å². The predicted octanol–water partition coefficient (Wildman–Crippen LogP) is 1.56. The zero-order valence-electron chi connectivity index (χ0n) is 10.2. The van der Waals surface area contributed by atoms with Gasteiger partial charge in [-0.25, -0.2) is 4.68 Å². The van der Waals surface area contributed by atoms with Gasteiger partial charge in [-0.15, -0.1) is 5.10 Å². The molecule has 0 saturated heterocycles. The number of hydrogen-bond donors (Lipinski definition) is 2. The summed E-state index contributed by atoms with van der Waals surface area (Å²) >= 11 is 1.11. The second-order valence-electron chi connectivity index (χ2n) is 3.97. The number of aromatic nitrogens is 4. The molecule has 3 rings (SSSR count). The minimum atomic E-state index is -0.301. The molecule has 0 radical (unpaired) electrons. The van der Waals surface area contributed by atoms with Gasteiger partial charge in [0.15, 0.2) is 5.69 Å². The minimum absolute atomic E-state index is 0.301. The fraction of sp³-hybridized carbons (Fsp3) is 0. The van der Waals surface area contributed by atoms with Gasteiger partial charge in [-0.1, -0.05) is 4.49 Å². The molecular weight excluding hydrogens is 276 g/mol. The highest BCUT2D eigenvalue weighted by molar-refractivity contribution is 7.10. The Morgan fingerprint density at radius 2 is 2.05 bits per heavy atom. The molecule has 7 nitrogen and oxygen atoms in total. The second-order valence-corrected chi connectivity index (χ2v) is 4.76. The summed E-state index contributed by atoms with van der Waals surface area (Å²) in [6.07, 6.45) is 3.20. The van der Waals surface area contributed by atoms with E-state index in [4.69, 9.17) is 5.73 Å². The van der Waals surface area contributed by atoms with Crippen LogP contribution in [-0.2, 0) is 0 Å². The topological polar surface area (TPSA) is 98.7 Å². The van der Waals surface area contributed by atoms with Crippen molar-refractivity contribution in [3.63, 3.8) is 0 Å². The van der Waals surface area contributed by atoms with E-state index in [1.165, 1.54) is 6.20 Å². The van der Waals surface area contributed by atoms with E-state index in [9.17, 15) is 4.79 Å². The van der Waals surface area contributed by atoms with Gasteiger partial charge in [0.1, 0.15) is 5.00 Å². The molecule has 0 aliphatic carbocycles. The summed E-state index contributed by atoms with van der Waals surface area (Å²) in [7, 11) is 0. The maximum Gasteiger partial charge on any atom is 0.276 e. The predicted molar refractivity (Wildman–Crippen MR) is 75.8 cm³/mol. The molecule has 2 heterocycles. The lowest BCUT2D eigenvalue weighted by atomic mass is 10.3. The van der Waals surface area contributed by atoms with Gasteiger partial charge in [0, 0.05) is 23.4 Å². The van der Waals surface area contributed by atoms with Crippen molar-refractivity contribution in [3.05, 3.63) is 48.4 Å². The highest BCUT2D eigenvalue weighted by Crippen LogP contribution is 2.13. The monoisotopic (exact) mass is 286 g/mol. The van der Waals surface area contributed by atoms with Crippen molar-refractivity contribution >= 4 is 28.1 Å². The van der Waals surface area contributed by atoms with Crippen LogP contribution in [0.25, 0.3) is 5.69 Å². The largest absolute Gasteiger partial charge is 0.399 e. The molecule has 3 aromatic rings. The zero-order chi connectivity index (χ0) is 13.9. The Hall–Kier alpha value is -2.74. The van der Waals surface area contributed by atoms with Crippen LogP contribution in [-0.4, -0.2) is 25.3 Å². The third-order valence-electron chi connectivity index (χ3n) is 2.58. The maximum atomic E-state index is 12.0. The number of rotatable bonds is 3. The molecule has 0 fully saturated rings. The molecule has 1 aromatic carbocycles. The van der Waals surface area contributed by atoms with Crippen molar-refractivity contribution in [1.82, 2.24) is 19.4 Å². The van der Waals surface area contributed by atoms with Gasteiger partial charge in [-0.2, -0.15) is 5.10 Å². The fourth-order valence-electron chi connectivity index (χ4n) is 1.61. The number of benzene rings is 1. The summed E-state index contributed by atoms with van der Waals surface area (Å²) in [4.78, 5) is 12.0. The zero-order valence-corrected chi connectivity index (χ0v) is 11.0. The Morgan fingerprint density at radius 1 is 1.25 bits per heavy atom. The molecule has 0 saturated carbocycles. The van der Waals surface area contributed by atoms with E-state index in [0.29, 0.717) is 16.4 Å². The molecule has 3 N–H and O–H groups in total. The first-order valence-electron chi connectivity index (χ1n) is 5.73. The van der Waals surface area contributed by atoms with Crippen LogP contribution in [0.5, 0.6) is 0 Å². The summed E-state index contributed by atoms with van der Waals surface area (Å²) < 4.78 is 5.28. The summed E-state index contributed by atoms with van der Waals surface area (Å²) in [5, 5.41) is 11.1. The van der Waals surface area contributed by atoms with Crippen LogP contribution in [0.3, 0.4) is 0 Å². The SMILES string of the molecule is Nc1ccc(-n2ccc(C(=O)Nc3cnns3)n2)cc1. The van der Waals surface area contributed by atoms with Crippen molar-refractivity contribution in [2.75, 3.05) is 11.1 Å². The minimum Gasteiger partial charge on any atom is -0.399 e. The molecule has 100 valence electrons. The lowest BCUT2D eigenvalue weighted by molar-refractivity contribution is 0.102. The van der Waals surface area contributed by atoms with Crippen molar-refractivity contribution in [2.45, 2.75) is 0 Å². The van der Waals surface area contributed by atoms with Gasteiger partial charge in [0.05, 0.1) is 11.9 Å². The van der Waals surface area contributed by atoms with Crippen molar-refractivity contribution < 1.29 is 4.79 Å². The number of hydrogen-bond acceptors (Lipinski definition) is 6. The first-order valence-corrected chi connectivity index (χ1v) is 6.50. The quantitative estimate of drug-likeness (QED) is 0.712. The Labute approximate surface area is 118 Å². The molecule has 0 bridgehead atoms. The van der Waals surface area contributed by atoms with Gasteiger partial charge in [0.25, 0.3) is 5.91 Å². The molecule has 20 heavy (non-hydrogen) atoms. The van der Waals surface area contributed by atoms with Gasteiger partial charge < -0.3 is 11.1 Å². The number of carbonyl (C=O) groups is 1. The summed E-state index contributed by atoms with van der Waals surface area (Å²) in [6, 6.07) is 8.86. The maximum absolute atomic E-state index is 12.0. The number of nitrogens with one attached hydrogen (secondary N) is 1. The van der Waals surface area contributed by atoms with E-state index >= 15 is 0 Å². The lowest BCUT2D eigenvalue weighted by Crippen LogP contribution is -2.12. The number of nitrogens with zero attached hydrogens (tertiary/aromatic N) is 4. The van der Waals surface area contributed by atoms with E-state index in [-0.39, 0.29) is 5.91 Å². The van der Waals surface area contributed by atoms with Gasteiger partial charge in [-0.05, 0) is 30.3 Å². The normalized spacial score (nSPS) is 10.4. The second kappa shape index (κ2) is 5.10. The van der Waals surface area contributed by atoms with E-state index in [1.54, 1.807) is 29.1 Å². The number of carbonyl (C=O) groups excluding carboxylic acids is 1. The number of nitrogens with two attached hydrogens (primary N) is 1. The number of anilines is 2. The standard InChI is InChI=1S/C12H10N6OS/c13-8-1-3-9(4-2-8)18-6-5-10(16-18)12(19)15-11-7-14-17-20-11/h1-7H,13H2,(H,15,19). The van der Waals surface area contributed by atoms with Gasteiger partial charge in [0.2, 0.25) is 0 Å². The third-order valence-corrected chi connectivity index (χ3v) is 3.16. The Kier molecular flexibility index (Phi) is 3.13.